The minimum atomic E-state index is -3.84. The lowest BCUT2D eigenvalue weighted by atomic mass is 10.2. The number of sulfonamides is 1. The monoisotopic (exact) mass is 423 g/mol. The molecule has 0 saturated carbocycles. The molecule has 0 spiro atoms. The molecular weight excluding hydrogens is 402 g/mol. The third kappa shape index (κ3) is 3.45. The van der Waals surface area contributed by atoms with Crippen molar-refractivity contribution >= 4 is 30.9 Å². The first kappa shape index (κ1) is 19.1. The molecular formula is C17H21N5O4S2. The predicted molar refractivity (Wildman–Crippen MR) is 104 cm³/mol. The number of sulfone groups is 1. The van der Waals surface area contributed by atoms with Gasteiger partial charge in [0.2, 0.25) is 10.0 Å². The van der Waals surface area contributed by atoms with Gasteiger partial charge in [-0.2, -0.15) is 5.10 Å². The lowest BCUT2D eigenvalue weighted by Gasteiger charge is -2.11. The van der Waals surface area contributed by atoms with Crippen LogP contribution >= 0.6 is 0 Å². The number of aromatic nitrogens is 4. The van der Waals surface area contributed by atoms with Gasteiger partial charge in [-0.15, -0.1) is 0 Å². The molecule has 150 valence electrons. The summed E-state index contributed by atoms with van der Waals surface area (Å²) in [7, 11) is -6.93. The van der Waals surface area contributed by atoms with Crippen molar-refractivity contribution in [2.24, 2.45) is 0 Å². The average Bonchev–Trinajstić information content (AvgIpc) is 3.28. The highest BCUT2D eigenvalue weighted by molar-refractivity contribution is 7.91. The molecule has 4 rings (SSSR count). The topological polar surface area (TPSA) is 127 Å². The van der Waals surface area contributed by atoms with Gasteiger partial charge in [0.25, 0.3) is 0 Å². The van der Waals surface area contributed by atoms with Gasteiger partial charge in [0.15, 0.2) is 9.84 Å². The molecule has 0 amide bonds. The van der Waals surface area contributed by atoms with E-state index in [0.29, 0.717) is 23.6 Å². The van der Waals surface area contributed by atoms with Crippen LogP contribution in [0.4, 0.5) is 0 Å². The van der Waals surface area contributed by atoms with Crippen molar-refractivity contribution in [3.05, 3.63) is 41.5 Å². The van der Waals surface area contributed by atoms with Crippen molar-refractivity contribution in [2.45, 2.75) is 37.8 Å². The number of fused-ring (bicyclic) bond motifs is 1. The van der Waals surface area contributed by atoms with E-state index in [0.717, 1.165) is 11.0 Å². The van der Waals surface area contributed by atoms with E-state index in [9.17, 15) is 16.8 Å². The van der Waals surface area contributed by atoms with Crippen molar-refractivity contribution in [3.8, 4) is 0 Å². The summed E-state index contributed by atoms with van der Waals surface area (Å²) in [5, 5.41) is 4.32. The van der Waals surface area contributed by atoms with Crippen molar-refractivity contribution in [3.63, 3.8) is 0 Å². The number of aromatic amines is 1. The zero-order valence-electron chi connectivity index (χ0n) is 15.5. The number of H-pyrrole nitrogens is 1. The van der Waals surface area contributed by atoms with Gasteiger partial charge in [-0.3, -0.25) is 4.68 Å². The van der Waals surface area contributed by atoms with E-state index in [4.69, 9.17) is 0 Å². The van der Waals surface area contributed by atoms with Crippen LogP contribution in [0.2, 0.25) is 0 Å². The molecule has 3 heterocycles. The van der Waals surface area contributed by atoms with E-state index in [1.54, 1.807) is 13.8 Å². The minimum absolute atomic E-state index is 0.0128. The molecule has 1 atom stereocenters. The summed E-state index contributed by atoms with van der Waals surface area (Å²) in [5.41, 5.74) is 2.38. The van der Waals surface area contributed by atoms with Crippen LogP contribution in [0.15, 0.2) is 29.2 Å². The van der Waals surface area contributed by atoms with Crippen molar-refractivity contribution < 1.29 is 16.8 Å². The van der Waals surface area contributed by atoms with Gasteiger partial charge in [0, 0.05) is 0 Å². The second-order valence-electron chi connectivity index (χ2n) is 7.03. The van der Waals surface area contributed by atoms with Crippen LogP contribution < -0.4 is 4.72 Å². The number of imidazole rings is 1. The number of para-hydroxylation sites is 2. The molecule has 1 unspecified atom stereocenters. The fraction of sp³-hybridized carbons (Fsp3) is 0.412. The van der Waals surface area contributed by atoms with Crippen LogP contribution in [-0.4, -0.2) is 48.1 Å². The minimum Gasteiger partial charge on any atom is -0.341 e. The first-order valence-corrected chi connectivity index (χ1v) is 12.2. The maximum atomic E-state index is 12.9. The maximum Gasteiger partial charge on any atom is 0.244 e. The van der Waals surface area contributed by atoms with Gasteiger partial charge in [0.05, 0.1) is 46.5 Å². The number of hydrogen-bond donors (Lipinski definition) is 2. The fourth-order valence-electron chi connectivity index (χ4n) is 3.69. The highest BCUT2D eigenvalue weighted by Gasteiger charge is 2.33. The molecule has 28 heavy (non-hydrogen) atoms. The van der Waals surface area contributed by atoms with Gasteiger partial charge in [0.1, 0.15) is 10.7 Å². The van der Waals surface area contributed by atoms with Crippen LogP contribution in [-0.2, 0) is 26.4 Å². The summed E-state index contributed by atoms with van der Waals surface area (Å²) in [5.74, 6) is 0.595. The Morgan fingerprint density at radius 3 is 2.71 bits per heavy atom. The Labute approximate surface area is 163 Å². The van der Waals surface area contributed by atoms with Gasteiger partial charge < -0.3 is 4.98 Å². The maximum absolute atomic E-state index is 12.9. The van der Waals surface area contributed by atoms with E-state index < -0.39 is 19.9 Å². The molecule has 11 heteroatoms. The molecule has 3 aromatic rings. The fourth-order valence-corrected chi connectivity index (χ4v) is 6.76. The lowest BCUT2D eigenvalue weighted by molar-refractivity contribution is 0.484. The molecule has 0 bridgehead atoms. The number of rotatable bonds is 5. The second kappa shape index (κ2) is 6.68. The molecule has 9 nitrogen and oxygen atoms in total. The van der Waals surface area contributed by atoms with E-state index in [1.165, 1.54) is 4.68 Å². The number of benzene rings is 1. The molecule has 2 N–H and O–H groups in total. The zero-order valence-corrected chi connectivity index (χ0v) is 17.1. The Morgan fingerprint density at radius 1 is 1.29 bits per heavy atom. The molecule has 0 radical (unpaired) electrons. The summed E-state index contributed by atoms with van der Waals surface area (Å²) in [6.45, 7) is 3.28. The van der Waals surface area contributed by atoms with E-state index in [2.05, 4.69) is 19.8 Å². The lowest BCUT2D eigenvalue weighted by Crippen LogP contribution is -2.25. The van der Waals surface area contributed by atoms with Crippen molar-refractivity contribution in [1.82, 2.24) is 24.5 Å². The normalized spacial score (nSPS) is 19.4. The van der Waals surface area contributed by atoms with Crippen LogP contribution in [0, 0.1) is 13.8 Å². The summed E-state index contributed by atoms with van der Waals surface area (Å²) in [6.07, 6.45) is 0.441. The number of aryl methyl sites for hydroxylation is 1. The SMILES string of the molecule is Cc1nn(C2CCS(=O)(=O)C2)c(C)c1S(=O)(=O)NCc1nc2ccccc2[nH]1. The Kier molecular flexibility index (Phi) is 4.55. The first-order valence-electron chi connectivity index (χ1n) is 8.86. The number of nitrogens with one attached hydrogen (secondary N) is 2. The van der Waals surface area contributed by atoms with Crippen molar-refractivity contribution in [1.29, 1.82) is 0 Å². The molecule has 1 aliphatic heterocycles. The third-order valence-electron chi connectivity index (χ3n) is 4.95. The molecule has 1 aromatic carbocycles. The highest BCUT2D eigenvalue weighted by atomic mass is 32.2. The molecule has 1 saturated heterocycles. The molecule has 1 aliphatic rings. The quantitative estimate of drug-likeness (QED) is 0.635. The largest absolute Gasteiger partial charge is 0.341 e. The Morgan fingerprint density at radius 2 is 2.04 bits per heavy atom. The van der Waals surface area contributed by atoms with Crippen molar-refractivity contribution in [2.75, 3.05) is 11.5 Å². The van der Waals surface area contributed by atoms with Gasteiger partial charge in [-0.25, -0.2) is 26.5 Å². The van der Waals surface area contributed by atoms with E-state index in [1.807, 2.05) is 24.3 Å². The molecule has 2 aromatic heterocycles. The predicted octanol–water partition coefficient (Wildman–Crippen LogP) is 1.21. The number of nitrogens with zero attached hydrogens (tertiary/aromatic N) is 3. The Balaban J connectivity index is 1.59. The summed E-state index contributed by atoms with van der Waals surface area (Å²) in [6, 6.07) is 7.12. The second-order valence-corrected chi connectivity index (χ2v) is 11.0. The van der Waals surface area contributed by atoms with Gasteiger partial charge in [-0.1, -0.05) is 12.1 Å². The zero-order chi connectivity index (χ0) is 20.1. The average molecular weight is 424 g/mol. The number of hydrogen-bond acceptors (Lipinski definition) is 6. The third-order valence-corrected chi connectivity index (χ3v) is 8.35. The van der Waals surface area contributed by atoms with Gasteiger partial charge in [-0.05, 0) is 32.4 Å². The van der Waals surface area contributed by atoms with Crippen LogP contribution in [0.25, 0.3) is 11.0 Å². The Bertz CT molecular complexity index is 1220. The molecule has 1 fully saturated rings. The smallest absolute Gasteiger partial charge is 0.244 e. The first-order chi connectivity index (χ1) is 13.2. The van der Waals surface area contributed by atoms with E-state index in [-0.39, 0.29) is 29.0 Å². The summed E-state index contributed by atoms with van der Waals surface area (Å²) < 4.78 is 53.4. The van der Waals surface area contributed by atoms with Crippen LogP contribution in [0.5, 0.6) is 0 Å². The summed E-state index contributed by atoms with van der Waals surface area (Å²) in [4.78, 5) is 7.54. The highest BCUT2D eigenvalue weighted by Crippen LogP contribution is 2.28. The van der Waals surface area contributed by atoms with E-state index >= 15 is 0 Å². The van der Waals surface area contributed by atoms with Gasteiger partial charge >= 0.3 is 0 Å². The van der Waals surface area contributed by atoms with Crippen LogP contribution in [0.3, 0.4) is 0 Å². The Hall–Kier alpha value is -2.24. The van der Waals surface area contributed by atoms with Crippen LogP contribution in [0.1, 0.15) is 29.7 Å². The summed E-state index contributed by atoms with van der Waals surface area (Å²) >= 11 is 0. The molecule has 0 aliphatic carbocycles. The standard InChI is InChI=1S/C17H21N5O4S2/c1-11-17(12(2)22(21-11)13-7-8-27(23,24)10-13)28(25,26)18-9-16-19-14-5-3-4-6-15(14)20-16/h3-6,13,18H,7-10H2,1-2H3,(H,19,20).